The Hall–Kier alpha value is -4.04. The molecule has 1 fully saturated rings. The molecule has 4 N–H and O–H groups in total. The molecule has 180 valence electrons. The third kappa shape index (κ3) is 4.17. The number of H-pyrrole nitrogens is 1. The van der Waals surface area contributed by atoms with Crippen LogP contribution in [-0.2, 0) is 0 Å². The molecule has 0 aliphatic carbocycles. The van der Waals surface area contributed by atoms with Gasteiger partial charge in [0.2, 0.25) is 0 Å². The SMILES string of the molecule is CNc1cc(F)cc2c1[nH]c1nc(Oc3cnc(C(C)C#N)nc3)nc(N3CCC(N)C[C@H]3C)c12. The highest BCUT2D eigenvalue weighted by atomic mass is 19.1. The standard InChI is InChI=1S/C24H26FN9O/c1-12(9-26)21-29-10-16(11-30-21)35-24-32-22-19(17-7-14(25)8-18(28-3)20(17)31-22)23(33-24)34-5-4-15(27)6-13(34)2/h7-8,10-13,15,28H,4-6,27H2,1-3H3,(H,31,32,33)/t12?,13-,15?/m1/s1. The molecule has 2 unspecified atom stereocenters. The Balaban J connectivity index is 1.64. The first-order valence-corrected chi connectivity index (χ1v) is 11.5. The number of aromatic nitrogens is 5. The van der Waals surface area contributed by atoms with E-state index in [4.69, 9.17) is 20.7 Å². The van der Waals surface area contributed by atoms with Gasteiger partial charge in [-0.15, -0.1) is 0 Å². The Bertz CT molecular complexity index is 1430. The Labute approximate surface area is 201 Å². The third-order valence-corrected chi connectivity index (χ3v) is 6.38. The lowest BCUT2D eigenvalue weighted by Crippen LogP contribution is -2.46. The van der Waals surface area contributed by atoms with Crippen LogP contribution in [0, 0.1) is 17.1 Å². The molecule has 4 aromatic rings. The number of hydrogen-bond donors (Lipinski definition) is 3. The summed E-state index contributed by atoms with van der Waals surface area (Å²) in [7, 11) is 1.74. The number of halogens is 1. The maximum atomic E-state index is 14.5. The van der Waals surface area contributed by atoms with Gasteiger partial charge in [-0.3, -0.25) is 0 Å². The number of piperidine rings is 1. The van der Waals surface area contributed by atoms with Crippen LogP contribution in [0.1, 0.15) is 38.4 Å². The van der Waals surface area contributed by atoms with E-state index in [1.54, 1.807) is 14.0 Å². The van der Waals surface area contributed by atoms with E-state index < -0.39 is 5.92 Å². The Morgan fingerprint density at radius 3 is 2.77 bits per heavy atom. The molecule has 35 heavy (non-hydrogen) atoms. The summed E-state index contributed by atoms with van der Waals surface area (Å²) in [4.78, 5) is 23.2. The second-order valence-corrected chi connectivity index (χ2v) is 8.86. The molecule has 3 aromatic heterocycles. The first kappa shape index (κ1) is 22.7. The summed E-state index contributed by atoms with van der Waals surface area (Å²) in [5, 5.41) is 13.5. The maximum Gasteiger partial charge on any atom is 0.326 e. The zero-order valence-corrected chi connectivity index (χ0v) is 19.7. The molecule has 1 aliphatic rings. The summed E-state index contributed by atoms with van der Waals surface area (Å²) in [6, 6.07) is 5.39. The van der Waals surface area contributed by atoms with Gasteiger partial charge in [-0.2, -0.15) is 15.2 Å². The average Bonchev–Trinajstić information content (AvgIpc) is 3.21. The van der Waals surface area contributed by atoms with Crippen LogP contribution in [-0.4, -0.2) is 50.6 Å². The van der Waals surface area contributed by atoms with Gasteiger partial charge in [0.1, 0.15) is 29.0 Å². The fourth-order valence-electron chi connectivity index (χ4n) is 4.56. The summed E-state index contributed by atoms with van der Waals surface area (Å²) in [5.74, 6) is 0.623. The largest absolute Gasteiger partial charge is 0.421 e. The Morgan fingerprint density at radius 1 is 1.31 bits per heavy atom. The van der Waals surface area contributed by atoms with Crippen LogP contribution in [0.4, 0.5) is 15.9 Å². The number of hydrogen-bond acceptors (Lipinski definition) is 9. The van der Waals surface area contributed by atoms with Crippen molar-refractivity contribution in [1.82, 2.24) is 24.9 Å². The summed E-state index contributed by atoms with van der Waals surface area (Å²) in [6.07, 6.45) is 4.61. The predicted octanol–water partition coefficient (Wildman–Crippen LogP) is 3.82. The Kier molecular flexibility index (Phi) is 5.82. The van der Waals surface area contributed by atoms with Crippen molar-refractivity contribution in [3.63, 3.8) is 0 Å². The summed E-state index contributed by atoms with van der Waals surface area (Å²) in [6.45, 7) is 4.53. The molecule has 0 amide bonds. The van der Waals surface area contributed by atoms with Gasteiger partial charge < -0.3 is 25.7 Å². The van der Waals surface area contributed by atoms with Crippen molar-refractivity contribution in [1.29, 1.82) is 5.26 Å². The second kappa shape index (κ2) is 8.96. The number of nitriles is 1. The first-order valence-electron chi connectivity index (χ1n) is 11.5. The van der Waals surface area contributed by atoms with Crippen molar-refractivity contribution in [2.45, 2.75) is 44.7 Å². The fourth-order valence-corrected chi connectivity index (χ4v) is 4.56. The molecule has 1 saturated heterocycles. The average molecular weight is 476 g/mol. The van der Waals surface area contributed by atoms with Crippen LogP contribution < -0.4 is 20.7 Å². The van der Waals surface area contributed by atoms with Crippen molar-refractivity contribution < 1.29 is 9.13 Å². The van der Waals surface area contributed by atoms with Crippen LogP contribution >= 0.6 is 0 Å². The van der Waals surface area contributed by atoms with E-state index in [0.29, 0.717) is 40.7 Å². The third-order valence-electron chi connectivity index (χ3n) is 6.38. The van der Waals surface area contributed by atoms with Crippen molar-refractivity contribution in [3.8, 4) is 17.8 Å². The van der Waals surface area contributed by atoms with Crippen molar-refractivity contribution >= 4 is 33.4 Å². The molecular weight excluding hydrogens is 449 g/mol. The molecule has 5 rings (SSSR count). The Morgan fingerprint density at radius 2 is 2.09 bits per heavy atom. The fraction of sp³-hybridized carbons (Fsp3) is 0.375. The lowest BCUT2D eigenvalue weighted by Gasteiger charge is -2.37. The summed E-state index contributed by atoms with van der Waals surface area (Å²) in [5.41, 5.74) is 8.08. The predicted molar refractivity (Wildman–Crippen MR) is 131 cm³/mol. The number of benzene rings is 1. The lowest BCUT2D eigenvalue weighted by atomic mass is 9.98. The maximum absolute atomic E-state index is 14.5. The zero-order chi connectivity index (χ0) is 24.7. The van der Waals surface area contributed by atoms with E-state index in [1.165, 1.54) is 24.5 Å². The minimum absolute atomic E-state index is 0.109. The molecule has 0 radical (unpaired) electrons. The van der Waals surface area contributed by atoms with E-state index >= 15 is 0 Å². The van der Waals surface area contributed by atoms with E-state index in [-0.39, 0.29) is 23.9 Å². The van der Waals surface area contributed by atoms with Gasteiger partial charge in [-0.05, 0) is 38.8 Å². The van der Waals surface area contributed by atoms with Gasteiger partial charge >= 0.3 is 6.01 Å². The van der Waals surface area contributed by atoms with Crippen molar-refractivity contribution in [3.05, 3.63) is 36.2 Å². The smallest absolute Gasteiger partial charge is 0.326 e. The summed E-state index contributed by atoms with van der Waals surface area (Å²) >= 11 is 0. The highest BCUT2D eigenvalue weighted by Gasteiger charge is 2.28. The molecule has 10 nitrogen and oxygen atoms in total. The highest BCUT2D eigenvalue weighted by Crippen LogP contribution is 2.38. The molecule has 1 aromatic carbocycles. The molecule has 0 saturated carbocycles. The lowest BCUT2D eigenvalue weighted by molar-refractivity contribution is 0.418. The molecule has 1 aliphatic heterocycles. The van der Waals surface area contributed by atoms with Gasteiger partial charge in [0.15, 0.2) is 5.75 Å². The van der Waals surface area contributed by atoms with Crippen LogP contribution in [0.5, 0.6) is 11.8 Å². The van der Waals surface area contributed by atoms with Crippen molar-refractivity contribution in [2.24, 2.45) is 5.73 Å². The van der Waals surface area contributed by atoms with Gasteiger partial charge in [-0.1, -0.05) is 0 Å². The van der Waals surface area contributed by atoms with Crippen LogP contribution in [0.3, 0.4) is 0 Å². The minimum Gasteiger partial charge on any atom is -0.421 e. The van der Waals surface area contributed by atoms with Crippen LogP contribution in [0.15, 0.2) is 24.5 Å². The topological polar surface area (TPSA) is 142 Å². The number of nitrogens with two attached hydrogens (primary N) is 1. The first-order chi connectivity index (χ1) is 16.9. The summed E-state index contributed by atoms with van der Waals surface area (Å²) < 4.78 is 20.4. The van der Waals surface area contributed by atoms with Gasteiger partial charge in [0, 0.05) is 31.1 Å². The number of nitrogens with zero attached hydrogens (tertiary/aromatic N) is 6. The van der Waals surface area contributed by atoms with E-state index in [0.717, 1.165) is 23.7 Å². The number of nitrogens with one attached hydrogen (secondary N) is 2. The van der Waals surface area contributed by atoms with E-state index in [2.05, 4.69) is 43.1 Å². The van der Waals surface area contributed by atoms with E-state index in [9.17, 15) is 4.39 Å². The van der Waals surface area contributed by atoms with Crippen LogP contribution in [0.25, 0.3) is 21.9 Å². The molecule has 11 heteroatoms. The minimum atomic E-state index is -0.427. The number of fused-ring (bicyclic) bond motifs is 3. The van der Waals surface area contributed by atoms with Gasteiger partial charge in [-0.25, -0.2) is 14.4 Å². The monoisotopic (exact) mass is 475 g/mol. The van der Waals surface area contributed by atoms with Gasteiger partial charge in [0.05, 0.1) is 35.1 Å². The molecule has 3 atom stereocenters. The normalized spacial score (nSPS) is 19.0. The molecule has 0 spiro atoms. The second-order valence-electron chi connectivity index (χ2n) is 8.86. The number of aromatic amines is 1. The van der Waals surface area contributed by atoms with Crippen LogP contribution in [0.2, 0.25) is 0 Å². The number of ether oxygens (including phenoxy) is 1. The number of rotatable bonds is 5. The van der Waals surface area contributed by atoms with Crippen molar-refractivity contribution in [2.75, 3.05) is 23.8 Å². The molecule has 4 heterocycles. The molecule has 0 bridgehead atoms. The quantitative estimate of drug-likeness (QED) is 0.393. The van der Waals surface area contributed by atoms with Gasteiger partial charge in [0.25, 0.3) is 0 Å². The highest BCUT2D eigenvalue weighted by molar-refractivity contribution is 6.14. The number of anilines is 2. The molecular formula is C24H26FN9O. The zero-order valence-electron chi connectivity index (χ0n) is 19.7. The van der Waals surface area contributed by atoms with E-state index in [1.807, 2.05) is 0 Å².